The highest BCUT2D eigenvalue weighted by molar-refractivity contribution is 5.22. The average molecular weight is 160 g/mol. The minimum atomic E-state index is 0.533. The summed E-state index contributed by atoms with van der Waals surface area (Å²) in [5, 5.41) is 3.44. The SMILES string of the molecule is [N-]=[N+]=NCC[CH]c1ccccc1. The highest BCUT2D eigenvalue weighted by atomic mass is 15.1. The van der Waals surface area contributed by atoms with Gasteiger partial charge >= 0.3 is 0 Å². The van der Waals surface area contributed by atoms with Crippen LogP contribution in [-0.2, 0) is 0 Å². The molecule has 0 atom stereocenters. The first-order chi connectivity index (χ1) is 5.93. The van der Waals surface area contributed by atoms with Gasteiger partial charge in [-0.15, -0.1) is 0 Å². The predicted octanol–water partition coefficient (Wildman–Crippen LogP) is 2.94. The molecule has 0 amide bonds. The van der Waals surface area contributed by atoms with Crippen LogP contribution in [0.25, 0.3) is 10.4 Å². The van der Waals surface area contributed by atoms with E-state index >= 15 is 0 Å². The van der Waals surface area contributed by atoms with Crippen molar-refractivity contribution in [1.82, 2.24) is 0 Å². The molecule has 3 heteroatoms. The van der Waals surface area contributed by atoms with Crippen molar-refractivity contribution in [3.8, 4) is 0 Å². The van der Waals surface area contributed by atoms with Crippen LogP contribution in [0.1, 0.15) is 12.0 Å². The van der Waals surface area contributed by atoms with Crippen LogP contribution in [0.2, 0.25) is 0 Å². The Morgan fingerprint density at radius 3 is 2.75 bits per heavy atom. The van der Waals surface area contributed by atoms with Crippen molar-refractivity contribution in [3.05, 3.63) is 52.8 Å². The Hall–Kier alpha value is -1.47. The summed E-state index contributed by atoms with van der Waals surface area (Å²) in [7, 11) is 0. The Balaban J connectivity index is 2.29. The largest absolute Gasteiger partial charge is 0.0940 e. The number of benzene rings is 1. The molecular weight excluding hydrogens is 150 g/mol. The Kier molecular flexibility index (Phi) is 3.75. The van der Waals surface area contributed by atoms with E-state index in [9.17, 15) is 0 Å². The number of nitrogens with zero attached hydrogens (tertiary/aromatic N) is 3. The second-order valence-electron chi connectivity index (χ2n) is 2.36. The van der Waals surface area contributed by atoms with E-state index in [0.717, 1.165) is 6.42 Å². The molecule has 0 fully saturated rings. The number of rotatable bonds is 4. The van der Waals surface area contributed by atoms with Crippen molar-refractivity contribution >= 4 is 0 Å². The lowest BCUT2D eigenvalue weighted by molar-refractivity contribution is 0.948. The zero-order chi connectivity index (χ0) is 8.65. The Morgan fingerprint density at radius 1 is 1.33 bits per heavy atom. The van der Waals surface area contributed by atoms with Gasteiger partial charge in [-0.1, -0.05) is 35.4 Å². The molecule has 1 aromatic rings. The molecule has 12 heavy (non-hydrogen) atoms. The van der Waals surface area contributed by atoms with Crippen molar-refractivity contribution in [3.63, 3.8) is 0 Å². The molecule has 0 saturated heterocycles. The Bertz CT molecular complexity index is 262. The standard InChI is InChI=1S/C9H10N3/c10-12-11-8-4-7-9-5-2-1-3-6-9/h1-3,5-7H,4,8H2. The van der Waals surface area contributed by atoms with Gasteiger partial charge in [0.05, 0.1) is 0 Å². The zero-order valence-electron chi connectivity index (χ0n) is 6.72. The summed E-state index contributed by atoms with van der Waals surface area (Å²) in [6.07, 6.45) is 2.85. The second kappa shape index (κ2) is 5.22. The van der Waals surface area contributed by atoms with Gasteiger partial charge in [0.1, 0.15) is 0 Å². The summed E-state index contributed by atoms with van der Waals surface area (Å²) in [6.45, 7) is 0.533. The van der Waals surface area contributed by atoms with E-state index in [2.05, 4.69) is 16.4 Å². The molecule has 0 unspecified atom stereocenters. The lowest BCUT2D eigenvalue weighted by Crippen LogP contribution is -1.83. The Labute approximate surface area is 71.7 Å². The normalized spacial score (nSPS) is 9.00. The van der Waals surface area contributed by atoms with Crippen LogP contribution in [0.4, 0.5) is 0 Å². The quantitative estimate of drug-likeness (QED) is 0.281. The van der Waals surface area contributed by atoms with E-state index in [4.69, 9.17) is 5.53 Å². The fraction of sp³-hybridized carbons (Fsp3) is 0.222. The second-order valence-corrected chi connectivity index (χ2v) is 2.36. The van der Waals surface area contributed by atoms with E-state index in [-0.39, 0.29) is 0 Å². The summed E-state index contributed by atoms with van der Waals surface area (Å²) in [5.41, 5.74) is 9.18. The summed E-state index contributed by atoms with van der Waals surface area (Å²) in [4.78, 5) is 2.67. The van der Waals surface area contributed by atoms with Crippen LogP contribution in [-0.4, -0.2) is 6.54 Å². The van der Waals surface area contributed by atoms with E-state index in [1.54, 1.807) is 0 Å². The van der Waals surface area contributed by atoms with Crippen molar-refractivity contribution in [2.45, 2.75) is 6.42 Å². The third kappa shape index (κ3) is 3.08. The zero-order valence-corrected chi connectivity index (χ0v) is 6.72. The van der Waals surface area contributed by atoms with Crippen molar-refractivity contribution in [1.29, 1.82) is 0 Å². The summed E-state index contributed by atoms with van der Waals surface area (Å²) in [6, 6.07) is 10.00. The highest BCUT2D eigenvalue weighted by Gasteiger charge is 1.89. The topological polar surface area (TPSA) is 48.8 Å². The van der Waals surface area contributed by atoms with Gasteiger partial charge in [0.15, 0.2) is 0 Å². The molecule has 0 aromatic heterocycles. The smallest absolute Gasteiger partial charge is 0.0263 e. The number of azide groups is 1. The highest BCUT2D eigenvalue weighted by Crippen LogP contribution is 2.04. The molecule has 1 aromatic carbocycles. The average Bonchev–Trinajstić information content (AvgIpc) is 2.14. The van der Waals surface area contributed by atoms with E-state index in [1.165, 1.54) is 5.56 Å². The van der Waals surface area contributed by atoms with Crippen LogP contribution in [0, 0.1) is 6.42 Å². The number of hydrogen-bond acceptors (Lipinski definition) is 1. The molecule has 0 aliphatic heterocycles. The molecule has 0 spiro atoms. The van der Waals surface area contributed by atoms with Gasteiger partial charge in [-0.05, 0) is 23.9 Å². The first-order valence-corrected chi connectivity index (χ1v) is 3.82. The summed E-state index contributed by atoms with van der Waals surface area (Å²) >= 11 is 0. The van der Waals surface area contributed by atoms with Gasteiger partial charge in [-0.25, -0.2) is 0 Å². The maximum Gasteiger partial charge on any atom is 0.0263 e. The first-order valence-electron chi connectivity index (χ1n) is 3.82. The molecule has 3 nitrogen and oxygen atoms in total. The molecule has 1 rings (SSSR count). The van der Waals surface area contributed by atoms with Crippen LogP contribution in [0.5, 0.6) is 0 Å². The molecule has 0 saturated carbocycles. The lowest BCUT2D eigenvalue weighted by atomic mass is 10.1. The minimum absolute atomic E-state index is 0.533. The molecule has 0 N–H and O–H groups in total. The molecule has 0 heterocycles. The minimum Gasteiger partial charge on any atom is -0.0940 e. The molecule has 0 bridgehead atoms. The van der Waals surface area contributed by atoms with E-state index < -0.39 is 0 Å². The van der Waals surface area contributed by atoms with Crippen LogP contribution >= 0.6 is 0 Å². The maximum absolute atomic E-state index is 8.01. The van der Waals surface area contributed by atoms with Crippen molar-refractivity contribution in [2.75, 3.05) is 6.54 Å². The molecule has 61 valence electrons. The van der Waals surface area contributed by atoms with Gasteiger partial charge in [0, 0.05) is 11.5 Å². The van der Waals surface area contributed by atoms with E-state index in [1.807, 2.05) is 30.3 Å². The fourth-order valence-corrected chi connectivity index (χ4v) is 0.923. The third-order valence-electron chi connectivity index (χ3n) is 1.47. The first kappa shape index (κ1) is 8.62. The van der Waals surface area contributed by atoms with Crippen molar-refractivity contribution in [2.24, 2.45) is 5.11 Å². The molecule has 0 aliphatic carbocycles. The molecule has 0 aliphatic rings. The van der Waals surface area contributed by atoms with Crippen molar-refractivity contribution < 1.29 is 0 Å². The lowest BCUT2D eigenvalue weighted by Gasteiger charge is -1.95. The molecule has 1 radical (unpaired) electrons. The van der Waals surface area contributed by atoms with Gasteiger partial charge < -0.3 is 0 Å². The Morgan fingerprint density at radius 2 is 2.08 bits per heavy atom. The summed E-state index contributed by atoms with van der Waals surface area (Å²) < 4.78 is 0. The van der Waals surface area contributed by atoms with Gasteiger partial charge in [-0.2, -0.15) is 0 Å². The van der Waals surface area contributed by atoms with Crippen LogP contribution in [0.3, 0.4) is 0 Å². The fourth-order valence-electron chi connectivity index (χ4n) is 0.923. The van der Waals surface area contributed by atoms with Gasteiger partial charge in [-0.3, -0.25) is 0 Å². The monoisotopic (exact) mass is 160 g/mol. The van der Waals surface area contributed by atoms with Gasteiger partial charge in [0.25, 0.3) is 0 Å². The maximum atomic E-state index is 8.01. The third-order valence-corrected chi connectivity index (χ3v) is 1.47. The van der Waals surface area contributed by atoms with Crippen LogP contribution < -0.4 is 0 Å². The molecular formula is C9H10N3. The summed E-state index contributed by atoms with van der Waals surface area (Å²) in [5.74, 6) is 0. The van der Waals surface area contributed by atoms with Gasteiger partial charge in [0.2, 0.25) is 0 Å². The van der Waals surface area contributed by atoms with Crippen LogP contribution in [0.15, 0.2) is 35.4 Å². The van der Waals surface area contributed by atoms with E-state index in [0.29, 0.717) is 6.54 Å². The number of hydrogen-bond donors (Lipinski definition) is 0. The predicted molar refractivity (Wildman–Crippen MR) is 48.5 cm³/mol.